The van der Waals surface area contributed by atoms with Gasteiger partial charge in [-0.1, -0.05) is 12.1 Å². The van der Waals surface area contributed by atoms with Gasteiger partial charge < -0.3 is 31.5 Å². The number of carbonyl (C=O) groups is 8. The van der Waals surface area contributed by atoms with Gasteiger partial charge in [-0.05, 0) is 111 Å². The average Bonchev–Trinajstić information content (AvgIpc) is 3.13. The predicted molar refractivity (Wildman–Crippen MR) is 212 cm³/mol. The van der Waals surface area contributed by atoms with E-state index >= 15 is 0 Å². The minimum Gasteiger partial charge on any atom is -0.478 e. The Hall–Kier alpha value is -7.76. The van der Waals surface area contributed by atoms with Gasteiger partial charge in [0.05, 0.1) is 22.5 Å². The lowest BCUT2D eigenvalue weighted by molar-refractivity contribution is -0.127. The van der Waals surface area contributed by atoms with E-state index in [4.69, 9.17) is 0 Å². The molecule has 0 radical (unpaired) electrons. The molecule has 2 atom stereocenters. The van der Waals surface area contributed by atoms with Crippen LogP contribution in [0.5, 0.6) is 0 Å². The van der Waals surface area contributed by atoms with Crippen molar-refractivity contribution in [3.05, 3.63) is 95.1 Å². The Kier molecular flexibility index (Phi) is 13.9. The highest BCUT2D eigenvalue weighted by Gasteiger charge is 2.26. The molecule has 0 spiro atoms. The van der Waals surface area contributed by atoms with E-state index < -0.39 is 59.2 Å². The second-order valence-corrected chi connectivity index (χ2v) is 12.9. The van der Waals surface area contributed by atoms with Crippen LogP contribution in [0.15, 0.2) is 93.3 Å². The van der Waals surface area contributed by atoms with Crippen LogP contribution in [-0.4, -0.2) is 69.4 Å². The maximum atomic E-state index is 13.2. The summed E-state index contributed by atoms with van der Waals surface area (Å²) in [5.74, 6) is -6.45. The van der Waals surface area contributed by atoms with Crippen molar-refractivity contribution in [2.75, 3.05) is 21.3 Å². The zero-order valence-corrected chi connectivity index (χ0v) is 32.0. The van der Waals surface area contributed by atoms with Crippen LogP contribution in [0.2, 0.25) is 0 Å². The molecule has 4 rings (SSSR count). The Balaban J connectivity index is 1.48. The van der Waals surface area contributed by atoms with Gasteiger partial charge in [0.2, 0.25) is 23.9 Å². The van der Waals surface area contributed by atoms with Gasteiger partial charge >= 0.3 is 11.9 Å². The summed E-state index contributed by atoms with van der Waals surface area (Å²) >= 11 is 0. The van der Waals surface area contributed by atoms with Crippen LogP contribution in [0.3, 0.4) is 0 Å². The molecule has 4 amide bonds. The smallest absolute Gasteiger partial charge is 0.338 e. The molecule has 0 fully saturated rings. The van der Waals surface area contributed by atoms with E-state index in [1.807, 2.05) is 0 Å². The first-order valence-electron chi connectivity index (χ1n) is 17.3. The largest absolute Gasteiger partial charge is 0.478 e. The van der Waals surface area contributed by atoms with Crippen molar-refractivity contribution in [3.8, 4) is 11.1 Å². The van der Waals surface area contributed by atoms with Gasteiger partial charge in [0.25, 0.3) is 11.8 Å². The third-order valence-corrected chi connectivity index (χ3v) is 8.23. The van der Waals surface area contributed by atoms with Crippen molar-refractivity contribution in [2.24, 2.45) is 20.5 Å². The van der Waals surface area contributed by atoms with E-state index in [9.17, 15) is 48.6 Å². The zero-order valence-electron chi connectivity index (χ0n) is 32.0. The number of nitrogens with one attached hydrogen (secondary N) is 4. The van der Waals surface area contributed by atoms with Crippen molar-refractivity contribution in [3.63, 3.8) is 0 Å². The zero-order chi connectivity index (χ0) is 42.8. The molecule has 0 bridgehead atoms. The molecule has 4 aromatic carbocycles. The Morgan fingerprint density at radius 1 is 0.500 bits per heavy atom. The van der Waals surface area contributed by atoms with Crippen molar-refractivity contribution < 1.29 is 48.6 Å². The van der Waals surface area contributed by atoms with Gasteiger partial charge in [-0.3, -0.25) is 28.8 Å². The molecule has 18 heteroatoms. The van der Waals surface area contributed by atoms with Gasteiger partial charge in [-0.2, -0.15) is 20.5 Å². The number of carbonyl (C=O) groups excluding carboxylic acids is 6. The van der Waals surface area contributed by atoms with Crippen molar-refractivity contribution >= 4 is 81.3 Å². The minimum atomic E-state index is -1.60. The van der Waals surface area contributed by atoms with Crippen LogP contribution < -0.4 is 21.3 Å². The van der Waals surface area contributed by atoms with Gasteiger partial charge in [-0.15, -0.1) is 0 Å². The molecular formula is C40H38N8O10. The molecule has 0 aliphatic heterocycles. The van der Waals surface area contributed by atoms with Gasteiger partial charge in [0.1, 0.15) is 0 Å². The molecule has 0 saturated carbocycles. The highest BCUT2D eigenvalue weighted by molar-refractivity contribution is 6.11. The van der Waals surface area contributed by atoms with E-state index in [1.165, 1.54) is 50.2 Å². The number of carboxylic acids is 2. The van der Waals surface area contributed by atoms with E-state index in [0.29, 0.717) is 22.5 Å². The average molecular weight is 791 g/mol. The summed E-state index contributed by atoms with van der Waals surface area (Å²) in [7, 11) is 0. The van der Waals surface area contributed by atoms with E-state index in [0.717, 1.165) is 25.0 Å². The van der Waals surface area contributed by atoms with E-state index in [-0.39, 0.29) is 33.9 Å². The standard InChI is InChI=1S/C40H38N8O10/c1-19-15-25(7-11-31(19)43-37(53)35(21(3)49)47-45-33-13-9-27(41-23(5)51)17-29(33)39(55)56)26-8-12-32(20(2)16-26)44-38(54)36(22(4)50)48-46-34-14-10-28(42-24(6)52)18-30(34)40(57)58/h7-18,35-36H,1-6H3,(H,41,51)(H,42,52)(H,43,53)(H,44,54)(H,55,56)(H,57,58). The summed E-state index contributed by atoms with van der Waals surface area (Å²) < 4.78 is 0. The topological polar surface area (TPSA) is 275 Å². The van der Waals surface area contributed by atoms with Crippen LogP contribution in [0.25, 0.3) is 11.1 Å². The maximum Gasteiger partial charge on any atom is 0.338 e. The van der Waals surface area contributed by atoms with E-state index in [1.54, 1.807) is 50.2 Å². The fourth-order valence-electron chi connectivity index (χ4n) is 5.40. The Labute approximate surface area is 330 Å². The number of aromatic carboxylic acids is 2. The molecule has 0 aliphatic rings. The first kappa shape index (κ1) is 43.0. The molecule has 298 valence electrons. The number of azo groups is 2. The van der Waals surface area contributed by atoms with Crippen LogP contribution in [0.4, 0.5) is 34.1 Å². The summed E-state index contributed by atoms with van der Waals surface area (Å²) in [5.41, 5.74) is 2.98. The highest BCUT2D eigenvalue weighted by atomic mass is 16.4. The number of ketones is 2. The molecule has 58 heavy (non-hydrogen) atoms. The summed E-state index contributed by atoms with van der Waals surface area (Å²) in [5, 5.41) is 44.9. The monoisotopic (exact) mass is 790 g/mol. The normalized spacial score (nSPS) is 12.0. The minimum absolute atomic E-state index is 0.134. The maximum absolute atomic E-state index is 13.2. The number of carboxylic acid groups (broad SMARTS) is 2. The lowest BCUT2D eigenvalue weighted by atomic mass is 9.99. The molecule has 6 N–H and O–H groups in total. The SMILES string of the molecule is CC(=O)Nc1ccc(N=NC(C(C)=O)C(=O)Nc2ccc(-c3ccc(NC(=O)C(N=Nc4ccc(NC(C)=O)cc4C(=O)O)C(C)=O)c(C)c3)cc2C)c(C(=O)O)c1. The summed E-state index contributed by atoms with van der Waals surface area (Å²) in [6.45, 7) is 8.27. The van der Waals surface area contributed by atoms with Crippen molar-refractivity contribution in [2.45, 2.75) is 53.6 Å². The summed E-state index contributed by atoms with van der Waals surface area (Å²) in [6, 6.07) is 14.8. The third-order valence-electron chi connectivity index (χ3n) is 8.23. The van der Waals surface area contributed by atoms with Gasteiger partial charge in [-0.25, -0.2) is 9.59 Å². The number of amides is 4. The molecule has 0 aromatic heterocycles. The molecule has 0 saturated heterocycles. The molecular weight excluding hydrogens is 752 g/mol. The van der Waals surface area contributed by atoms with Crippen LogP contribution in [0.1, 0.15) is 59.5 Å². The number of Topliss-reactive ketones (excluding diaryl/α,β-unsaturated/α-hetero) is 2. The highest BCUT2D eigenvalue weighted by Crippen LogP contribution is 2.30. The quantitative estimate of drug-likeness (QED) is 0.0551. The number of benzene rings is 4. The fraction of sp³-hybridized carbons (Fsp3) is 0.200. The Morgan fingerprint density at radius 3 is 1.16 bits per heavy atom. The van der Waals surface area contributed by atoms with Crippen LogP contribution in [0, 0.1) is 13.8 Å². The predicted octanol–water partition coefficient (Wildman–Crippen LogP) is 6.64. The van der Waals surface area contributed by atoms with Crippen LogP contribution >= 0.6 is 0 Å². The first-order chi connectivity index (χ1) is 27.3. The lowest BCUT2D eigenvalue weighted by Crippen LogP contribution is -2.32. The first-order valence-corrected chi connectivity index (χ1v) is 17.3. The second-order valence-electron chi connectivity index (χ2n) is 12.9. The molecule has 0 aliphatic carbocycles. The number of aryl methyl sites for hydroxylation is 2. The molecule has 0 heterocycles. The van der Waals surface area contributed by atoms with Crippen molar-refractivity contribution in [1.82, 2.24) is 0 Å². The number of hydrogen-bond donors (Lipinski definition) is 6. The number of rotatable bonds is 15. The summed E-state index contributed by atoms with van der Waals surface area (Å²) in [4.78, 5) is 97.5. The van der Waals surface area contributed by atoms with Gasteiger partial charge in [0, 0.05) is 36.6 Å². The Morgan fingerprint density at radius 2 is 0.862 bits per heavy atom. The molecule has 2 unspecified atom stereocenters. The summed E-state index contributed by atoms with van der Waals surface area (Å²) in [6.07, 6.45) is 0. The second kappa shape index (κ2) is 18.7. The fourth-order valence-corrected chi connectivity index (χ4v) is 5.40. The number of nitrogens with zero attached hydrogens (tertiary/aromatic N) is 4. The van der Waals surface area contributed by atoms with Gasteiger partial charge in [0.15, 0.2) is 11.6 Å². The molecule has 18 nitrogen and oxygen atoms in total. The lowest BCUT2D eigenvalue weighted by Gasteiger charge is -2.15. The van der Waals surface area contributed by atoms with Crippen LogP contribution in [-0.2, 0) is 28.8 Å². The van der Waals surface area contributed by atoms with Crippen molar-refractivity contribution in [1.29, 1.82) is 0 Å². The number of hydrogen-bond acceptors (Lipinski definition) is 12. The van der Waals surface area contributed by atoms with E-state index in [2.05, 4.69) is 41.7 Å². The molecule has 4 aromatic rings. The Bertz CT molecular complexity index is 2260. The number of anilines is 4. The third kappa shape index (κ3) is 11.2.